The Morgan fingerprint density at radius 3 is 2.52 bits per heavy atom. The van der Waals surface area contributed by atoms with Crippen LogP contribution in [0.5, 0.6) is 0 Å². The molecule has 4 atom stereocenters. The SMILES string of the molecule is Nc1ccn([C@@H]2O[C@H](CCS(=O)(=O)CP(=O)(O)O)[C@@H](O)[C@H]2O)c(=O)n1. The van der Waals surface area contributed by atoms with Crippen molar-refractivity contribution in [2.24, 2.45) is 0 Å². The van der Waals surface area contributed by atoms with E-state index in [-0.39, 0.29) is 12.2 Å². The van der Waals surface area contributed by atoms with Gasteiger partial charge in [-0.25, -0.2) is 13.2 Å². The fourth-order valence-electron chi connectivity index (χ4n) is 2.43. The third kappa shape index (κ3) is 5.07. The lowest BCUT2D eigenvalue weighted by Crippen LogP contribution is -2.35. The van der Waals surface area contributed by atoms with Crippen LogP contribution in [0.2, 0.25) is 0 Å². The minimum absolute atomic E-state index is 0.0469. The monoisotopic (exact) mass is 399 g/mol. The van der Waals surface area contributed by atoms with Gasteiger partial charge in [0.25, 0.3) is 0 Å². The Hall–Kier alpha value is -1.34. The minimum Gasteiger partial charge on any atom is -0.388 e. The summed E-state index contributed by atoms with van der Waals surface area (Å²) in [5, 5.41) is 20.0. The number of ether oxygens (including phenoxy) is 1. The average Bonchev–Trinajstić information content (AvgIpc) is 2.71. The minimum atomic E-state index is -4.75. The molecule has 25 heavy (non-hydrogen) atoms. The van der Waals surface area contributed by atoms with Crippen molar-refractivity contribution in [3.8, 4) is 0 Å². The maximum atomic E-state index is 11.8. The summed E-state index contributed by atoms with van der Waals surface area (Å²) in [6.45, 7) is 0. The van der Waals surface area contributed by atoms with Crippen LogP contribution in [-0.2, 0) is 19.1 Å². The third-order valence-electron chi connectivity index (χ3n) is 3.54. The van der Waals surface area contributed by atoms with Gasteiger partial charge in [0.15, 0.2) is 21.6 Å². The van der Waals surface area contributed by atoms with Gasteiger partial charge in [-0.05, 0) is 12.5 Å². The van der Waals surface area contributed by atoms with E-state index >= 15 is 0 Å². The molecule has 2 rings (SSSR count). The van der Waals surface area contributed by atoms with Gasteiger partial charge in [-0.15, -0.1) is 0 Å². The Kier molecular flexibility index (Phi) is 5.68. The van der Waals surface area contributed by atoms with Crippen LogP contribution in [0.1, 0.15) is 12.6 Å². The molecule has 14 heteroatoms. The molecule has 12 nitrogen and oxygen atoms in total. The molecule has 2 heterocycles. The summed E-state index contributed by atoms with van der Waals surface area (Å²) in [6.07, 6.45) is -4.61. The summed E-state index contributed by atoms with van der Waals surface area (Å²) >= 11 is 0. The summed E-state index contributed by atoms with van der Waals surface area (Å²) < 4.78 is 40.4. The zero-order valence-corrected chi connectivity index (χ0v) is 14.5. The standard InChI is InChI=1S/C11H18N3O9PS/c12-7-1-3-14(11(17)13-7)10-9(16)8(15)6(23-10)2-4-25(21,22)5-24(18,19)20/h1,3,6,8-10,15-16H,2,4-5H2,(H2,12,13,17)(H2,18,19,20)/t6-,8-,9-,10-/m1/s1. The molecule has 0 aromatic carbocycles. The van der Waals surface area contributed by atoms with Gasteiger partial charge in [0.05, 0.1) is 11.9 Å². The van der Waals surface area contributed by atoms with E-state index in [4.69, 9.17) is 20.3 Å². The Morgan fingerprint density at radius 2 is 1.96 bits per heavy atom. The van der Waals surface area contributed by atoms with Crippen LogP contribution in [0.4, 0.5) is 5.82 Å². The summed E-state index contributed by atoms with van der Waals surface area (Å²) in [4.78, 5) is 32.7. The zero-order chi connectivity index (χ0) is 19.0. The van der Waals surface area contributed by atoms with Gasteiger partial charge in [0.1, 0.15) is 18.0 Å². The van der Waals surface area contributed by atoms with E-state index in [0.717, 1.165) is 4.57 Å². The summed E-state index contributed by atoms with van der Waals surface area (Å²) in [5.74, 6) is -0.719. The quantitative estimate of drug-likeness (QED) is 0.313. The molecule has 0 bridgehead atoms. The molecule has 6 N–H and O–H groups in total. The number of nitrogens with zero attached hydrogens (tertiary/aromatic N) is 2. The topological polar surface area (TPSA) is 202 Å². The molecule has 1 fully saturated rings. The van der Waals surface area contributed by atoms with Crippen molar-refractivity contribution in [1.29, 1.82) is 0 Å². The fraction of sp³-hybridized carbons (Fsp3) is 0.636. The van der Waals surface area contributed by atoms with Crippen molar-refractivity contribution < 1.29 is 37.7 Å². The first-order chi connectivity index (χ1) is 11.4. The normalized spacial score (nSPS) is 27.5. The van der Waals surface area contributed by atoms with Gasteiger partial charge in [0, 0.05) is 6.20 Å². The van der Waals surface area contributed by atoms with Crippen LogP contribution >= 0.6 is 7.60 Å². The number of hydrogen-bond acceptors (Lipinski definition) is 9. The molecule has 1 aromatic heterocycles. The van der Waals surface area contributed by atoms with Crippen LogP contribution in [0.15, 0.2) is 17.1 Å². The van der Waals surface area contributed by atoms with Crippen LogP contribution in [0, 0.1) is 0 Å². The molecule has 1 aromatic rings. The number of nitrogens with two attached hydrogens (primary N) is 1. The molecule has 0 saturated carbocycles. The van der Waals surface area contributed by atoms with Gasteiger partial charge < -0.3 is 30.5 Å². The molecular weight excluding hydrogens is 381 g/mol. The predicted molar refractivity (Wildman–Crippen MR) is 84.1 cm³/mol. The lowest BCUT2D eigenvalue weighted by Gasteiger charge is -2.16. The zero-order valence-electron chi connectivity index (χ0n) is 12.7. The number of aliphatic hydroxyl groups is 2. The highest BCUT2D eigenvalue weighted by atomic mass is 32.2. The van der Waals surface area contributed by atoms with Gasteiger partial charge >= 0.3 is 13.3 Å². The van der Waals surface area contributed by atoms with Crippen molar-refractivity contribution in [2.75, 3.05) is 17.0 Å². The average molecular weight is 399 g/mol. The van der Waals surface area contributed by atoms with E-state index in [0.29, 0.717) is 0 Å². The number of rotatable bonds is 6. The van der Waals surface area contributed by atoms with Crippen LogP contribution in [0.25, 0.3) is 0 Å². The van der Waals surface area contributed by atoms with Gasteiger partial charge in [-0.2, -0.15) is 4.98 Å². The van der Waals surface area contributed by atoms with Gasteiger partial charge in [-0.1, -0.05) is 0 Å². The van der Waals surface area contributed by atoms with E-state index in [9.17, 15) is 28.0 Å². The number of sulfone groups is 1. The highest BCUT2D eigenvalue weighted by Gasteiger charge is 2.44. The lowest BCUT2D eigenvalue weighted by atomic mass is 10.1. The molecule has 0 radical (unpaired) electrons. The second-order valence-corrected chi connectivity index (χ2v) is 9.88. The fourth-order valence-corrected chi connectivity index (χ4v) is 5.59. The number of hydrogen-bond donors (Lipinski definition) is 5. The van der Waals surface area contributed by atoms with Crippen LogP contribution < -0.4 is 11.4 Å². The molecule has 1 aliphatic heterocycles. The van der Waals surface area contributed by atoms with Crippen LogP contribution in [0.3, 0.4) is 0 Å². The maximum absolute atomic E-state index is 11.8. The molecule has 0 spiro atoms. The highest BCUT2D eigenvalue weighted by Crippen LogP contribution is 2.37. The molecule has 1 aliphatic rings. The van der Waals surface area contributed by atoms with Crippen molar-refractivity contribution in [3.63, 3.8) is 0 Å². The van der Waals surface area contributed by atoms with E-state index in [1.807, 2.05) is 0 Å². The third-order valence-corrected chi connectivity index (χ3v) is 7.32. The summed E-state index contributed by atoms with van der Waals surface area (Å²) in [5.41, 5.74) is 3.20. The Morgan fingerprint density at radius 1 is 1.32 bits per heavy atom. The van der Waals surface area contributed by atoms with Crippen molar-refractivity contribution in [3.05, 3.63) is 22.7 Å². The maximum Gasteiger partial charge on any atom is 0.351 e. The number of anilines is 1. The second-order valence-electron chi connectivity index (χ2n) is 5.62. The van der Waals surface area contributed by atoms with Gasteiger partial charge in [-0.3, -0.25) is 9.13 Å². The van der Waals surface area contributed by atoms with Crippen molar-refractivity contribution in [2.45, 2.75) is 31.0 Å². The lowest BCUT2D eigenvalue weighted by molar-refractivity contribution is -0.0401. The molecule has 0 unspecified atom stereocenters. The first-order valence-corrected chi connectivity index (χ1v) is 10.6. The molecule has 0 amide bonds. The van der Waals surface area contributed by atoms with E-state index in [1.54, 1.807) is 0 Å². The summed E-state index contributed by atoms with van der Waals surface area (Å²) in [6, 6.07) is 1.28. The highest BCUT2D eigenvalue weighted by molar-refractivity contribution is 7.97. The Balaban J connectivity index is 2.10. The second kappa shape index (κ2) is 7.11. The number of nitrogen functional groups attached to an aromatic ring is 1. The Bertz CT molecular complexity index is 835. The van der Waals surface area contributed by atoms with Crippen molar-refractivity contribution in [1.82, 2.24) is 9.55 Å². The van der Waals surface area contributed by atoms with Gasteiger partial charge in [0.2, 0.25) is 0 Å². The Labute approximate surface area is 142 Å². The number of aromatic nitrogens is 2. The van der Waals surface area contributed by atoms with E-state index in [2.05, 4.69) is 4.98 Å². The smallest absolute Gasteiger partial charge is 0.351 e. The van der Waals surface area contributed by atoms with Crippen LogP contribution in [-0.4, -0.2) is 67.5 Å². The first kappa shape index (κ1) is 20.0. The molecular formula is C11H18N3O9PS. The van der Waals surface area contributed by atoms with E-state index < -0.39 is 58.9 Å². The molecule has 0 aliphatic carbocycles. The molecule has 142 valence electrons. The summed E-state index contributed by atoms with van der Waals surface area (Å²) in [7, 11) is -8.85. The largest absolute Gasteiger partial charge is 0.388 e. The first-order valence-electron chi connectivity index (χ1n) is 7.01. The van der Waals surface area contributed by atoms with Crippen molar-refractivity contribution >= 4 is 23.3 Å². The van der Waals surface area contributed by atoms with E-state index in [1.165, 1.54) is 12.3 Å². The molecule has 1 saturated heterocycles. The number of aliphatic hydroxyl groups excluding tert-OH is 2. The predicted octanol–water partition coefficient (Wildman–Crippen LogP) is -2.62.